The summed E-state index contributed by atoms with van der Waals surface area (Å²) in [5, 5.41) is 15.8. The van der Waals surface area contributed by atoms with E-state index in [1.807, 2.05) is 0 Å². The molecule has 1 unspecified atom stereocenters. The minimum atomic E-state index is -1.36. The smallest absolute Gasteiger partial charge is 0.409 e. The van der Waals surface area contributed by atoms with Crippen LogP contribution in [-0.2, 0) is 23.9 Å². The summed E-state index contributed by atoms with van der Waals surface area (Å²) in [6.07, 6.45) is 0.177. The summed E-state index contributed by atoms with van der Waals surface area (Å²) in [6, 6.07) is 4.10. The normalized spacial score (nSPS) is 16.3. The van der Waals surface area contributed by atoms with Crippen LogP contribution in [0.1, 0.15) is 56.4 Å². The average Bonchev–Trinajstić information content (AvgIpc) is 3.41. The van der Waals surface area contributed by atoms with E-state index < -0.39 is 53.7 Å². The molecule has 2 aliphatic rings. The lowest BCUT2D eigenvalue weighted by atomic mass is 9.80. The zero-order chi connectivity index (χ0) is 32.7. The summed E-state index contributed by atoms with van der Waals surface area (Å²) in [6.45, 7) is 4.34. The highest BCUT2D eigenvalue weighted by Gasteiger charge is 2.49. The van der Waals surface area contributed by atoms with E-state index in [0.29, 0.717) is 19.3 Å². The van der Waals surface area contributed by atoms with Gasteiger partial charge in [-0.15, -0.1) is 0 Å². The molecule has 1 saturated heterocycles. The van der Waals surface area contributed by atoms with E-state index in [-0.39, 0.29) is 68.1 Å². The molecule has 0 bridgehead atoms. The van der Waals surface area contributed by atoms with Crippen molar-refractivity contribution in [2.45, 2.75) is 57.6 Å². The number of aromatic nitrogens is 2. The summed E-state index contributed by atoms with van der Waals surface area (Å²) in [5.41, 5.74) is -1.81. The van der Waals surface area contributed by atoms with E-state index in [9.17, 15) is 29.1 Å². The standard InChI is InChI=1S/C29H35ClFN5O9/c1-3-43-27(41)29(11-6-12-29)45-22-17-20(33-36(22)21-8-5-7-18(30)24(21)31)25(39)32-19(9-10-23(37)38)26(40)34-13-15-35(16-14-34)28(42)44-4-2/h5,7-8,17,19H,3-4,6,9-16H2,1-2H3,(H,32,39)(H,37,38). The first kappa shape index (κ1) is 33.5. The Hall–Kier alpha value is -4.40. The van der Waals surface area contributed by atoms with Crippen LogP contribution in [0.4, 0.5) is 9.18 Å². The van der Waals surface area contributed by atoms with Crippen LogP contribution < -0.4 is 10.1 Å². The molecule has 14 nitrogen and oxygen atoms in total. The maximum absolute atomic E-state index is 15.1. The SMILES string of the molecule is CCOC(=O)N1CCN(C(=O)C(CCC(=O)O)NC(=O)c2cc(OC3(C(=O)OCC)CCC3)n(-c3cccc(Cl)c3F)n2)CC1. The lowest BCUT2D eigenvalue weighted by molar-refractivity contribution is -0.170. The molecule has 1 atom stereocenters. The highest BCUT2D eigenvalue weighted by atomic mass is 35.5. The Labute approximate surface area is 263 Å². The first-order chi connectivity index (χ1) is 21.5. The Morgan fingerprint density at radius 2 is 1.73 bits per heavy atom. The molecule has 2 fully saturated rings. The number of aliphatic carboxylic acids is 1. The maximum Gasteiger partial charge on any atom is 0.409 e. The Balaban J connectivity index is 1.59. The van der Waals surface area contributed by atoms with Crippen molar-refractivity contribution < 1.29 is 47.7 Å². The number of carboxylic acids is 1. The fourth-order valence-electron chi connectivity index (χ4n) is 4.99. The molecule has 1 aliphatic heterocycles. The van der Waals surface area contributed by atoms with Crippen molar-refractivity contribution in [3.63, 3.8) is 0 Å². The number of nitrogens with one attached hydrogen (secondary N) is 1. The molecule has 2 heterocycles. The summed E-state index contributed by atoms with van der Waals surface area (Å²) in [5.74, 6) is -4.18. The second-order valence-electron chi connectivity index (χ2n) is 10.5. The average molecular weight is 652 g/mol. The van der Waals surface area contributed by atoms with Crippen LogP contribution in [0.2, 0.25) is 5.02 Å². The monoisotopic (exact) mass is 651 g/mol. The van der Waals surface area contributed by atoms with E-state index in [0.717, 1.165) is 4.68 Å². The number of carbonyl (C=O) groups is 5. The Morgan fingerprint density at radius 1 is 1.07 bits per heavy atom. The van der Waals surface area contributed by atoms with Gasteiger partial charge in [0.05, 0.1) is 18.2 Å². The molecule has 2 N–H and O–H groups in total. The molecule has 244 valence electrons. The number of halogens is 2. The maximum atomic E-state index is 15.1. The fourth-order valence-corrected chi connectivity index (χ4v) is 5.16. The summed E-state index contributed by atoms with van der Waals surface area (Å²) in [4.78, 5) is 66.0. The van der Waals surface area contributed by atoms with Gasteiger partial charge in [0.15, 0.2) is 11.5 Å². The largest absolute Gasteiger partial charge is 0.481 e. The Morgan fingerprint density at radius 3 is 2.33 bits per heavy atom. The second-order valence-corrected chi connectivity index (χ2v) is 10.9. The van der Waals surface area contributed by atoms with Crippen LogP contribution in [0.3, 0.4) is 0 Å². The van der Waals surface area contributed by atoms with Gasteiger partial charge in [0.25, 0.3) is 5.91 Å². The van der Waals surface area contributed by atoms with Crippen molar-refractivity contribution in [1.82, 2.24) is 24.9 Å². The molecule has 1 aromatic heterocycles. The quantitative estimate of drug-likeness (QED) is 0.325. The molecule has 0 radical (unpaired) electrons. The van der Waals surface area contributed by atoms with Gasteiger partial charge in [-0.25, -0.2) is 14.0 Å². The third-order valence-electron chi connectivity index (χ3n) is 7.54. The van der Waals surface area contributed by atoms with E-state index in [1.165, 1.54) is 34.1 Å². The van der Waals surface area contributed by atoms with Crippen LogP contribution in [0.25, 0.3) is 5.69 Å². The second kappa shape index (κ2) is 14.6. The Kier molecular flexibility index (Phi) is 10.9. The molecule has 4 rings (SSSR count). The number of esters is 1. The first-order valence-corrected chi connectivity index (χ1v) is 15.0. The fraction of sp³-hybridized carbons (Fsp3) is 0.517. The van der Waals surface area contributed by atoms with Gasteiger partial charge in [-0.05, 0) is 51.7 Å². The molecule has 2 aromatic rings. The van der Waals surface area contributed by atoms with Crippen molar-refractivity contribution in [3.05, 3.63) is 40.8 Å². The van der Waals surface area contributed by atoms with Crippen LogP contribution in [0.5, 0.6) is 5.88 Å². The zero-order valence-corrected chi connectivity index (χ0v) is 25.7. The number of nitrogens with zero attached hydrogens (tertiary/aromatic N) is 4. The molecule has 1 aromatic carbocycles. The molecule has 45 heavy (non-hydrogen) atoms. The molecular weight excluding hydrogens is 617 g/mol. The van der Waals surface area contributed by atoms with Gasteiger partial charge < -0.3 is 34.4 Å². The summed E-state index contributed by atoms with van der Waals surface area (Å²) < 4.78 is 32.4. The number of rotatable bonds is 12. The highest BCUT2D eigenvalue weighted by molar-refractivity contribution is 6.30. The third kappa shape index (κ3) is 7.64. The van der Waals surface area contributed by atoms with E-state index in [1.54, 1.807) is 13.8 Å². The van der Waals surface area contributed by atoms with Gasteiger partial charge in [0.1, 0.15) is 11.7 Å². The number of hydrogen-bond donors (Lipinski definition) is 2. The minimum absolute atomic E-state index is 0.115. The number of piperazine rings is 1. The van der Waals surface area contributed by atoms with Gasteiger partial charge in [-0.3, -0.25) is 14.4 Å². The van der Waals surface area contributed by atoms with Gasteiger partial charge in [0, 0.05) is 38.7 Å². The molecule has 16 heteroatoms. The van der Waals surface area contributed by atoms with Crippen molar-refractivity contribution in [2.75, 3.05) is 39.4 Å². The predicted octanol–water partition coefficient (Wildman–Crippen LogP) is 2.79. The molecular formula is C29H35ClFN5O9. The van der Waals surface area contributed by atoms with Crippen molar-refractivity contribution in [2.24, 2.45) is 0 Å². The molecule has 3 amide bonds. The number of ether oxygens (including phenoxy) is 3. The van der Waals surface area contributed by atoms with Crippen molar-refractivity contribution in [1.29, 1.82) is 0 Å². The van der Waals surface area contributed by atoms with Crippen molar-refractivity contribution in [3.8, 4) is 11.6 Å². The topological polar surface area (TPSA) is 170 Å². The molecule has 0 spiro atoms. The number of amides is 3. The highest BCUT2D eigenvalue weighted by Crippen LogP contribution is 2.39. The molecule has 1 aliphatic carbocycles. The van der Waals surface area contributed by atoms with E-state index in [4.69, 9.17) is 25.8 Å². The Bertz CT molecular complexity index is 1440. The number of hydrogen-bond acceptors (Lipinski definition) is 9. The number of benzene rings is 1. The minimum Gasteiger partial charge on any atom is -0.481 e. The lowest BCUT2D eigenvalue weighted by Gasteiger charge is -2.38. The van der Waals surface area contributed by atoms with Gasteiger partial charge in [0.2, 0.25) is 17.4 Å². The zero-order valence-electron chi connectivity index (χ0n) is 24.9. The van der Waals surface area contributed by atoms with Crippen LogP contribution in [0, 0.1) is 5.82 Å². The first-order valence-electron chi connectivity index (χ1n) is 14.6. The van der Waals surface area contributed by atoms with Crippen molar-refractivity contribution >= 4 is 41.4 Å². The lowest BCUT2D eigenvalue weighted by Crippen LogP contribution is -2.56. The van der Waals surface area contributed by atoms with Gasteiger partial charge in [-0.1, -0.05) is 17.7 Å². The van der Waals surface area contributed by atoms with E-state index in [2.05, 4.69) is 10.4 Å². The number of carboxylic acid groups (broad SMARTS) is 1. The summed E-state index contributed by atoms with van der Waals surface area (Å²) in [7, 11) is 0. The summed E-state index contributed by atoms with van der Waals surface area (Å²) >= 11 is 6.00. The van der Waals surface area contributed by atoms with E-state index >= 15 is 4.39 Å². The van der Waals surface area contributed by atoms with Gasteiger partial charge >= 0.3 is 18.0 Å². The number of carbonyl (C=O) groups excluding carboxylic acids is 4. The predicted molar refractivity (Wildman–Crippen MR) is 156 cm³/mol. The van der Waals surface area contributed by atoms with Crippen LogP contribution in [-0.4, -0.2) is 106 Å². The third-order valence-corrected chi connectivity index (χ3v) is 7.84. The van der Waals surface area contributed by atoms with Gasteiger partial charge in [-0.2, -0.15) is 9.78 Å². The van der Waals surface area contributed by atoms with Crippen LogP contribution in [0.15, 0.2) is 24.3 Å². The molecule has 1 saturated carbocycles. The van der Waals surface area contributed by atoms with Crippen LogP contribution >= 0.6 is 11.6 Å².